The number of aromatic nitrogens is 6. The molecule has 0 unspecified atom stereocenters. The Morgan fingerprint density at radius 2 is 1.70 bits per heavy atom. The van der Waals surface area contributed by atoms with Crippen molar-refractivity contribution in [2.45, 2.75) is 71.1 Å². The van der Waals surface area contributed by atoms with Crippen molar-refractivity contribution in [2.24, 2.45) is 0 Å². The second kappa shape index (κ2) is 11.5. The number of nitrogens with zero attached hydrogens (tertiary/aromatic N) is 6. The second-order valence-electron chi connectivity index (χ2n) is 11.0. The van der Waals surface area contributed by atoms with E-state index < -0.39 is 6.04 Å². The van der Waals surface area contributed by atoms with Crippen molar-refractivity contribution in [3.63, 3.8) is 0 Å². The maximum atomic E-state index is 13.9. The van der Waals surface area contributed by atoms with Crippen LogP contribution in [0.1, 0.15) is 77.8 Å². The van der Waals surface area contributed by atoms with Gasteiger partial charge >= 0.3 is 0 Å². The van der Waals surface area contributed by atoms with Gasteiger partial charge in [0.2, 0.25) is 0 Å². The van der Waals surface area contributed by atoms with Crippen LogP contribution in [0.4, 0.5) is 0 Å². The summed E-state index contributed by atoms with van der Waals surface area (Å²) in [7, 11) is 0. The number of nitrogens with one attached hydrogen (secondary N) is 1. The number of aromatic amines is 1. The molecular formula is C32H35N7O. The number of fused-ring (bicyclic) bond motifs is 1. The van der Waals surface area contributed by atoms with Crippen LogP contribution in [-0.4, -0.2) is 35.1 Å². The first kappa shape index (κ1) is 26.1. The molecule has 0 amide bonds. The van der Waals surface area contributed by atoms with Gasteiger partial charge in [-0.2, -0.15) is 0 Å². The van der Waals surface area contributed by atoms with Crippen LogP contribution >= 0.6 is 0 Å². The maximum Gasteiger partial charge on any atom is 0.253 e. The lowest BCUT2D eigenvalue weighted by Crippen LogP contribution is -2.35. The van der Waals surface area contributed by atoms with Crippen LogP contribution in [0.25, 0.3) is 10.9 Å². The summed E-state index contributed by atoms with van der Waals surface area (Å²) < 4.78 is 2.00. The number of hydrogen-bond donors (Lipinski definition) is 1. The largest absolute Gasteiger partial charge is 0.322 e. The zero-order valence-corrected chi connectivity index (χ0v) is 23.1. The fourth-order valence-electron chi connectivity index (χ4n) is 5.94. The van der Waals surface area contributed by atoms with Gasteiger partial charge in [-0.05, 0) is 89.0 Å². The third-order valence-corrected chi connectivity index (χ3v) is 8.17. The van der Waals surface area contributed by atoms with E-state index in [-0.39, 0.29) is 11.6 Å². The van der Waals surface area contributed by atoms with Gasteiger partial charge < -0.3 is 4.98 Å². The minimum atomic E-state index is -0.466. The normalized spacial score (nSPS) is 15.1. The number of tetrazole rings is 1. The fraction of sp³-hybridized carbons (Fsp3) is 0.344. The predicted molar refractivity (Wildman–Crippen MR) is 156 cm³/mol. The van der Waals surface area contributed by atoms with E-state index in [0.29, 0.717) is 24.5 Å². The SMILES string of the molecule is Cc1cc2cc([C@@H](c3nnnn3C3CCCCC3)N(Cc3ccccc3)Cc3cccnc3)c(=O)[nH]c2cc1C. The molecule has 1 N–H and O–H groups in total. The quantitative estimate of drug-likeness (QED) is 0.270. The van der Waals surface area contributed by atoms with Crippen molar-refractivity contribution in [3.8, 4) is 0 Å². The molecule has 1 aliphatic carbocycles. The Hall–Kier alpha value is -4.17. The highest BCUT2D eigenvalue weighted by molar-refractivity contribution is 5.81. The molecule has 1 atom stereocenters. The molecule has 5 aromatic rings. The van der Waals surface area contributed by atoms with Crippen molar-refractivity contribution in [1.82, 2.24) is 35.1 Å². The Balaban J connectivity index is 1.54. The van der Waals surface area contributed by atoms with Gasteiger partial charge in [-0.3, -0.25) is 14.7 Å². The van der Waals surface area contributed by atoms with Crippen molar-refractivity contribution >= 4 is 10.9 Å². The molecule has 1 saturated carbocycles. The van der Waals surface area contributed by atoms with E-state index in [1.54, 1.807) is 6.20 Å². The highest BCUT2D eigenvalue weighted by atomic mass is 16.1. The van der Waals surface area contributed by atoms with Gasteiger partial charge in [0.15, 0.2) is 5.82 Å². The average molecular weight is 534 g/mol. The lowest BCUT2D eigenvalue weighted by atomic mass is 9.94. The number of benzene rings is 2. The molecule has 204 valence electrons. The Labute approximate surface area is 234 Å². The summed E-state index contributed by atoms with van der Waals surface area (Å²) in [5, 5.41) is 14.3. The smallest absolute Gasteiger partial charge is 0.253 e. The Kier molecular flexibility index (Phi) is 7.51. The molecule has 1 aliphatic rings. The van der Waals surface area contributed by atoms with Gasteiger partial charge in [0.25, 0.3) is 5.56 Å². The van der Waals surface area contributed by atoms with Crippen LogP contribution in [0.2, 0.25) is 0 Å². The molecule has 0 radical (unpaired) electrons. The van der Waals surface area contributed by atoms with E-state index in [4.69, 9.17) is 0 Å². The molecule has 0 saturated heterocycles. The summed E-state index contributed by atoms with van der Waals surface area (Å²) in [6, 6.07) is 20.4. The molecule has 3 aromatic heterocycles. The number of pyridine rings is 2. The highest BCUT2D eigenvalue weighted by Gasteiger charge is 2.33. The van der Waals surface area contributed by atoms with E-state index in [1.807, 2.05) is 47.3 Å². The Bertz CT molecular complexity index is 1600. The minimum absolute atomic E-state index is 0.122. The lowest BCUT2D eigenvalue weighted by Gasteiger charge is -2.32. The second-order valence-corrected chi connectivity index (χ2v) is 11.0. The van der Waals surface area contributed by atoms with Gasteiger partial charge in [0.1, 0.15) is 6.04 Å². The summed E-state index contributed by atoms with van der Waals surface area (Å²) in [4.78, 5) is 23.7. The van der Waals surface area contributed by atoms with Crippen LogP contribution in [-0.2, 0) is 13.1 Å². The zero-order valence-electron chi connectivity index (χ0n) is 23.1. The number of hydrogen-bond acceptors (Lipinski definition) is 6. The fourth-order valence-corrected chi connectivity index (χ4v) is 5.94. The molecule has 0 spiro atoms. The molecule has 0 aliphatic heterocycles. The Morgan fingerprint density at radius 3 is 2.48 bits per heavy atom. The first-order valence-electron chi connectivity index (χ1n) is 14.2. The molecular weight excluding hydrogens is 498 g/mol. The molecule has 6 rings (SSSR count). The molecule has 3 heterocycles. The third-order valence-electron chi connectivity index (χ3n) is 8.17. The van der Waals surface area contributed by atoms with E-state index in [9.17, 15) is 4.79 Å². The van der Waals surface area contributed by atoms with E-state index >= 15 is 0 Å². The highest BCUT2D eigenvalue weighted by Crippen LogP contribution is 2.34. The first-order valence-corrected chi connectivity index (χ1v) is 14.2. The standard InChI is InChI=1S/C32H35N7O/c1-22-16-26-18-28(32(40)34-29(26)17-23(22)2)30(31-35-36-37-39(31)27-13-7-4-8-14-27)38(20-24-10-5-3-6-11-24)21-25-12-9-15-33-19-25/h3,5-6,9-12,15-19,27,30H,4,7-8,13-14,20-21H2,1-2H3,(H,34,40)/t30-/m0/s1. The van der Waals surface area contributed by atoms with Crippen LogP contribution in [0.15, 0.2) is 77.9 Å². The number of H-pyrrole nitrogens is 1. The van der Waals surface area contributed by atoms with Crippen LogP contribution in [0, 0.1) is 13.8 Å². The third kappa shape index (κ3) is 5.45. The van der Waals surface area contributed by atoms with E-state index in [2.05, 4.69) is 68.5 Å². The predicted octanol–water partition coefficient (Wildman–Crippen LogP) is 5.82. The van der Waals surface area contributed by atoms with Crippen molar-refractivity contribution in [1.29, 1.82) is 0 Å². The van der Waals surface area contributed by atoms with Gasteiger partial charge in [-0.15, -0.1) is 5.10 Å². The zero-order chi connectivity index (χ0) is 27.5. The summed E-state index contributed by atoms with van der Waals surface area (Å²) >= 11 is 0. The van der Waals surface area contributed by atoms with Crippen molar-refractivity contribution in [3.05, 3.63) is 117 Å². The van der Waals surface area contributed by atoms with Crippen LogP contribution < -0.4 is 5.56 Å². The average Bonchev–Trinajstić information content (AvgIpc) is 3.46. The van der Waals surface area contributed by atoms with E-state index in [1.165, 1.54) is 12.0 Å². The van der Waals surface area contributed by atoms with Crippen LogP contribution in [0.3, 0.4) is 0 Å². The van der Waals surface area contributed by atoms with Gasteiger partial charge in [0.05, 0.1) is 6.04 Å². The minimum Gasteiger partial charge on any atom is -0.322 e. The molecule has 0 bridgehead atoms. The first-order chi connectivity index (χ1) is 19.6. The maximum absolute atomic E-state index is 13.9. The molecule has 40 heavy (non-hydrogen) atoms. The van der Waals surface area contributed by atoms with Crippen molar-refractivity contribution < 1.29 is 0 Å². The van der Waals surface area contributed by atoms with Gasteiger partial charge in [-0.25, -0.2) is 4.68 Å². The molecule has 2 aromatic carbocycles. The monoisotopic (exact) mass is 533 g/mol. The molecule has 1 fully saturated rings. The summed E-state index contributed by atoms with van der Waals surface area (Å²) in [5.74, 6) is 0.709. The van der Waals surface area contributed by atoms with E-state index in [0.717, 1.165) is 53.3 Å². The summed E-state index contributed by atoms with van der Waals surface area (Å²) in [5.41, 5.74) is 5.90. The van der Waals surface area contributed by atoms with Crippen molar-refractivity contribution in [2.75, 3.05) is 0 Å². The van der Waals surface area contributed by atoms with Crippen LogP contribution in [0.5, 0.6) is 0 Å². The summed E-state index contributed by atoms with van der Waals surface area (Å²) in [6.07, 6.45) is 9.31. The van der Waals surface area contributed by atoms with Gasteiger partial charge in [-0.1, -0.05) is 55.7 Å². The summed E-state index contributed by atoms with van der Waals surface area (Å²) in [6.45, 7) is 5.36. The molecule has 8 heteroatoms. The van der Waals surface area contributed by atoms with Gasteiger partial charge in [0, 0.05) is 36.6 Å². The topological polar surface area (TPSA) is 92.6 Å². The number of aryl methyl sites for hydroxylation is 2. The lowest BCUT2D eigenvalue weighted by molar-refractivity contribution is 0.186. The Morgan fingerprint density at radius 1 is 0.950 bits per heavy atom. The number of rotatable bonds is 8. The molecule has 8 nitrogen and oxygen atoms in total.